The minimum absolute atomic E-state index is 0.194. The van der Waals surface area contributed by atoms with Crippen LogP contribution in [0.1, 0.15) is 31.4 Å². The van der Waals surface area contributed by atoms with Crippen LogP contribution in [0, 0.1) is 0 Å². The largest absolute Gasteiger partial charge is 0.357 e. The number of aromatic nitrogens is 1. The summed E-state index contributed by atoms with van der Waals surface area (Å²) in [6, 6.07) is 13.8. The van der Waals surface area contributed by atoms with Gasteiger partial charge in [-0.3, -0.25) is 0 Å². The van der Waals surface area contributed by atoms with Crippen molar-refractivity contribution in [3.8, 4) is 0 Å². The summed E-state index contributed by atoms with van der Waals surface area (Å²) < 4.78 is 23.1. The molecule has 1 aromatic carbocycles. The number of hydrogen-bond donors (Lipinski definition) is 1. The molecule has 2 heterocycles. The molecule has 0 bridgehead atoms. The lowest BCUT2D eigenvalue weighted by atomic mass is 10.0. The molecule has 1 unspecified atom stereocenters. The Morgan fingerprint density at radius 1 is 1.12 bits per heavy atom. The minimum atomic E-state index is -3.14. The Morgan fingerprint density at radius 2 is 1.80 bits per heavy atom. The van der Waals surface area contributed by atoms with Gasteiger partial charge in [0.05, 0.1) is 4.90 Å². The number of rotatable bonds is 5. The molecule has 1 saturated heterocycles. The molecule has 3 rings (SSSR count). The maximum Gasteiger partial charge on any atom is 0.175 e. The lowest BCUT2D eigenvalue weighted by Crippen LogP contribution is -2.43. The highest BCUT2D eigenvalue weighted by atomic mass is 32.2. The van der Waals surface area contributed by atoms with Crippen molar-refractivity contribution in [2.24, 2.45) is 0 Å². The molecular weight excluding hydrogens is 334 g/mol. The van der Waals surface area contributed by atoms with Crippen molar-refractivity contribution in [1.82, 2.24) is 10.3 Å². The zero-order valence-corrected chi connectivity index (χ0v) is 15.5. The average Bonchev–Trinajstić information content (AvgIpc) is 2.62. The van der Waals surface area contributed by atoms with Gasteiger partial charge in [-0.2, -0.15) is 0 Å². The summed E-state index contributed by atoms with van der Waals surface area (Å²) in [7, 11) is -3.14. The first kappa shape index (κ1) is 17.9. The Morgan fingerprint density at radius 3 is 2.36 bits per heavy atom. The fourth-order valence-electron chi connectivity index (χ4n) is 3.27. The molecule has 1 aliphatic heterocycles. The van der Waals surface area contributed by atoms with Crippen LogP contribution >= 0.6 is 0 Å². The normalized spacial score (nSPS) is 17.4. The summed E-state index contributed by atoms with van der Waals surface area (Å²) in [5, 5.41) is 3.67. The summed E-state index contributed by atoms with van der Waals surface area (Å²) >= 11 is 0. The Bertz CT molecular complexity index is 783. The van der Waals surface area contributed by atoms with Crippen LogP contribution in [0.2, 0.25) is 0 Å². The summed E-state index contributed by atoms with van der Waals surface area (Å²) in [5.41, 5.74) is 1.11. The molecule has 0 saturated carbocycles. The van der Waals surface area contributed by atoms with E-state index in [0.717, 1.165) is 37.3 Å². The van der Waals surface area contributed by atoms with Gasteiger partial charge in [-0.25, -0.2) is 13.4 Å². The number of nitrogens with zero attached hydrogens (tertiary/aromatic N) is 2. The minimum Gasteiger partial charge on any atom is -0.357 e. The van der Waals surface area contributed by atoms with E-state index in [9.17, 15) is 8.42 Å². The molecular formula is C19H25N3O2S. The second-order valence-corrected chi connectivity index (χ2v) is 8.69. The Balaban J connectivity index is 1.55. The van der Waals surface area contributed by atoms with Crippen LogP contribution in [-0.4, -0.2) is 38.8 Å². The molecule has 1 atom stereocenters. The van der Waals surface area contributed by atoms with Gasteiger partial charge in [0.2, 0.25) is 0 Å². The Hall–Kier alpha value is -1.92. The smallest absolute Gasteiger partial charge is 0.175 e. The van der Waals surface area contributed by atoms with Crippen LogP contribution < -0.4 is 10.2 Å². The van der Waals surface area contributed by atoms with Crippen LogP contribution in [0.4, 0.5) is 5.82 Å². The number of piperidine rings is 1. The van der Waals surface area contributed by atoms with E-state index < -0.39 is 9.84 Å². The zero-order valence-electron chi connectivity index (χ0n) is 14.7. The van der Waals surface area contributed by atoms with E-state index in [4.69, 9.17) is 0 Å². The van der Waals surface area contributed by atoms with Gasteiger partial charge in [-0.05, 0) is 49.6 Å². The van der Waals surface area contributed by atoms with Crippen LogP contribution in [0.15, 0.2) is 53.6 Å². The van der Waals surface area contributed by atoms with E-state index in [1.54, 1.807) is 12.1 Å². The maximum atomic E-state index is 11.6. The average molecular weight is 359 g/mol. The van der Waals surface area contributed by atoms with E-state index >= 15 is 0 Å². The third kappa shape index (κ3) is 4.58. The molecule has 25 heavy (non-hydrogen) atoms. The van der Waals surface area contributed by atoms with Crippen molar-refractivity contribution in [2.45, 2.75) is 36.7 Å². The number of sulfone groups is 1. The van der Waals surface area contributed by atoms with Gasteiger partial charge in [0, 0.05) is 37.6 Å². The quantitative estimate of drug-likeness (QED) is 0.889. The van der Waals surface area contributed by atoms with E-state index in [1.165, 1.54) is 6.26 Å². The van der Waals surface area contributed by atoms with Crippen molar-refractivity contribution >= 4 is 15.7 Å². The summed E-state index contributed by atoms with van der Waals surface area (Å²) in [6.45, 7) is 4.11. The maximum absolute atomic E-state index is 11.6. The predicted octanol–water partition coefficient (Wildman–Crippen LogP) is 2.80. The van der Waals surface area contributed by atoms with Crippen molar-refractivity contribution in [2.75, 3.05) is 24.2 Å². The fraction of sp³-hybridized carbons (Fsp3) is 0.421. The fourth-order valence-corrected chi connectivity index (χ4v) is 3.90. The first-order valence-electron chi connectivity index (χ1n) is 8.65. The summed E-state index contributed by atoms with van der Waals surface area (Å²) in [5.74, 6) is 1.05. The number of hydrogen-bond acceptors (Lipinski definition) is 5. The van der Waals surface area contributed by atoms with Crippen LogP contribution in [0.25, 0.3) is 0 Å². The lowest BCUT2D eigenvalue weighted by molar-refractivity contribution is 0.380. The molecule has 6 heteroatoms. The standard InChI is InChI=1S/C19H25N3O2S/c1-15(16-6-8-18(9-7-16)25(2,23)24)21-17-10-13-22(14-11-17)19-5-3-4-12-20-19/h3-9,12,15,17,21H,10-11,13-14H2,1-2H3. The van der Waals surface area contributed by atoms with E-state index in [-0.39, 0.29) is 6.04 Å². The van der Waals surface area contributed by atoms with Gasteiger partial charge in [0.1, 0.15) is 5.82 Å². The number of pyridine rings is 1. The molecule has 1 N–H and O–H groups in total. The monoisotopic (exact) mass is 359 g/mol. The van der Waals surface area contributed by atoms with Gasteiger partial charge in [0.15, 0.2) is 9.84 Å². The van der Waals surface area contributed by atoms with Crippen LogP contribution in [0.5, 0.6) is 0 Å². The van der Waals surface area contributed by atoms with Gasteiger partial charge < -0.3 is 10.2 Å². The molecule has 1 aliphatic rings. The second kappa shape index (κ2) is 7.54. The molecule has 0 amide bonds. The van der Waals surface area contributed by atoms with E-state index in [2.05, 4.69) is 28.2 Å². The summed E-state index contributed by atoms with van der Waals surface area (Å²) in [4.78, 5) is 7.11. The summed E-state index contributed by atoms with van der Waals surface area (Å²) in [6.07, 6.45) is 5.21. The first-order valence-corrected chi connectivity index (χ1v) is 10.5. The Labute approximate surface area is 150 Å². The molecule has 134 valence electrons. The molecule has 0 aliphatic carbocycles. The zero-order chi connectivity index (χ0) is 17.9. The van der Waals surface area contributed by atoms with E-state index in [1.807, 2.05) is 30.5 Å². The van der Waals surface area contributed by atoms with Gasteiger partial charge in [0.25, 0.3) is 0 Å². The molecule has 2 aromatic rings. The topological polar surface area (TPSA) is 62.3 Å². The molecule has 1 fully saturated rings. The van der Waals surface area contributed by atoms with Crippen LogP contribution in [-0.2, 0) is 9.84 Å². The van der Waals surface area contributed by atoms with Crippen LogP contribution in [0.3, 0.4) is 0 Å². The number of benzene rings is 1. The number of nitrogens with one attached hydrogen (secondary N) is 1. The van der Waals surface area contributed by atoms with Crippen molar-refractivity contribution in [3.05, 3.63) is 54.2 Å². The van der Waals surface area contributed by atoms with Crippen molar-refractivity contribution < 1.29 is 8.42 Å². The molecule has 1 aromatic heterocycles. The van der Waals surface area contributed by atoms with E-state index in [0.29, 0.717) is 10.9 Å². The molecule has 0 radical (unpaired) electrons. The highest BCUT2D eigenvalue weighted by molar-refractivity contribution is 7.90. The van der Waals surface area contributed by atoms with Gasteiger partial charge >= 0.3 is 0 Å². The number of anilines is 1. The third-order valence-electron chi connectivity index (χ3n) is 4.76. The highest BCUT2D eigenvalue weighted by Crippen LogP contribution is 2.21. The van der Waals surface area contributed by atoms with Crippen molar-refractivity contribution in [3.63, 3.8) is 0 Å². The predicted molar refractivity (Wildman–Crippen MR) is 101 cm³/mol. The van der Waals surface area contributed by atoms with Gasteiger partial charge in [-0.15, -0.1) is 0 Å². The molecule has 0 spiro atoms. The van der Waals surface area contributed by atoms with Crippen molar-refractivity contribution in [1.29, 1.82) is 0 Å². The lowest BCUT2D eigenvalue weighted by Gasteiger charge is -2.34. The SMILES string of the molecule is CC(NC1CCN(c2ccccn2)CC1)c1ccc(S(C)(=O)=O)cc1. The first-order chi connectivity index (χ1) is 11.9. The molecule has 5 nitrogen and oxygen atoms in total. The third-order valence-corrected chi connectivity index (χ3v) is 5.89. The highest BCUT2D eigenvalue weighted by Gasteiger charge is 2.21. The Kier molecular flexibility index (Phi) is 5.39. The second-order valence-electron chi connectivity index (χ2n) is 6.68. The van der Waals surface area contributed by atoms with Gasteiger partial charge in [-0.1, -0.05) is 18.2 Å².